The molecule has 0 aromatic heterocycles. The van der Waals surface area contributed by atoms with Gasteiger partial charge in [-0.1, -0.05) is 31.2 Å². The molecule has 0 saturated carbocycles. The van der Waals surface area contributed by atoms with Gasteiger partial charge in [0.25, 0.3) is 5.91 Å². The van der Waals surface area contributed by atoms with Gasteiger partial charge in [-0.05, 0) is 48.8 Å². The van der Waals surface area contributed by atoms with Gasteiger partial charge in [0, 0.05) is 48.0 Å². The van der Waals surface area contributed by atoms with Crippen LogP contribution in [-0.4, -0.2) is 74.5 Å². The van der Waals surface area contributed by atoms with Crippen LogP contribution in [0.4, 0.5) is 15.5 Å². The number of aliphatic hydroxyl groups excluding tert-OH is 1. The lowest BCUT2D eigenvalue weighted by molar-refractivity contribution is -0.149. The predicted molar refractivity (Wildman–Crippen MR) is 155 cm³/mol. The summed E-state index contributed by atoms with van der Waals surface area (Å²) in [5, 5.41) is 16.1. The molecule has 11 heteroatoms. The Bertz CT molecular complexity index is 1400. The Morgan fingerprint density at radius 2 is 1.95 bits per heavy atom. The van der Waals surface area contributed by atoms with E-state index in [2.05, 4.69) is 10.6 Å². The summed E-state index contributed by atoms with van der Waals surface area (Å²) >= 11 is 0. The summed E-state index contributed by atoms with van der Waals surface area (Å²) in [6.45, 7) is 6.61. The molecule has 4 heterocycles. The molecular weight excluding hydrogens is 543 g/mol. The van der Waals surface area contributed by atoms with Crippen molar-refractivity contribution in [3.8, 4) is 0 Å². The summed E-state index contributed by atoms with van der Waals surface area (Å²) in [7, 11) is -3.45. The monoisotopic (exact) mass is 580 g/mol. The number of carbonyl (C=O) groups excluding carboxylic acids is 3. The lowest BCUT2D eigenvalue weighted by atomic mass is 9.82. The second-order valence-electron chi connectivity index (χ2n) is 12.2. The minimum absolute atomic E-state index is 0.0666. The molecule has 4 aliphatic rings. The van der Waals surface area contributed by atoms with E-state index in [4.69, 9.17) is 4.74 Å². The van der Waals surface area contributed by atoms with Crippen molar-refractivity contribution in [2.45, 2.75) is 62.7 Å². The minimum Gasteiger partial charge on any atom is -0.394 e. The first kappa shape index (κ1) is 28.0. The zero-order chi connectivity index (χ0) is 29.1. The van der Waals surface area contributed by atoms with E-state index in [1.54, 1.807) is 35.0 Å². The van der Waals surface area contributed by atoms with E-state index in [9.17, 15) is 19.5 Å². The number of rotatable bonds is 5. The fourth-order valence-corrected chi connectivity index (χ4v) is 9.93. The molecule has 9 nitrogen and oxygen atoms in total. The smallest absolute Gasteiger partial charge is 0.261 e. The number of nitrogens with one attached hydrogen (secondary N) is 2. The van der Waals surface area contributed by atoms with Crippen LogP contribution >= 0.6 is 0 Å². The van der Waals surface area contributed by atoms with Crippen LogP contribution < -0.4 is 15.5 Å². The lowest BCUT2D eigenvalue weighted by Gasteiger charge is -2.37. The molecule has 1 spiro atoms. The van der Waals surface area contributed by atoms with Gasteiger partial charge in [0.05, 0.1) is 31.7 Å². The Balaban J connectivity index is 1.33. The molecule has 4 aliphatic heterocycles. The van der Waals surface area contributed by atoms with E-state index in [0.717, 1.165) is 11.1 Å². The fraction of sp³-hybridized carbons (Fsp3) is 0.500. The molecule has 6 rings (SSSR count). The summed E-state index contributed by atoms with van der Waals surface area (Å²) < 4.78 is 22.7. The lowest BCUT2D eigenvalue weighted by Crippen LogP contribution is -2.48. The maximum atomic E-state index is 16.1. The molecule has 218 valence electrons. The number of halogens is 1. The van der Waals surface area contributed by atoms with Crippen molar-refractivity contribution in [3.63, 3.8) is 0 Å². The minimum atomic E-state index is -3.45. The number of carbonyl (C=O) groups is 3. The normalized spacial score (nSPS) is 29.5. The number of hydrogen-bond acceptors (Lipinski definition) is 6. The van der Waals surface area contributed by atoms with Crippen molar-refractivity contribution in [3.05, 3.63) is 59.2 Å². The average molecular weight is 581 g/mol. The molecular formula is C30H37FN4O5Si. The molecule has 2 fully saturated rings. The quantitative estimate of drug-likeness (QED) is 0.371. The third-order valence-corrected chi connectivity index (χ3v) is 11.8. The molecule has 2 aromatic carbocycles. The Morgan fingerprint density at radius 1 is 1.20 bits per heavy atom. The van der Waals surface area contributed by atoms with E-state index < -0.39 is 31.6 Å². The number of aliphatic hydroxyl groups is 1. The van der Waals surface area contributed by atoms with Gasteiger partial charge in [0.15, 0.2) is 5.60 Å². The molecule has 3 N–H and O–H groups in total. The number of piperazine rings is 1. The largest absolute Gasteiger partial charge is 0.394 e. The SMILES string of the molecule is C[C@@H]1[C@@H]([Si](C)(C)F)[C@H](CC(=O)N2Cc3ccccc3C[C@H]2CO)O[C@@]12C(=O)Nc1ccc(N3CCNCC3=O)cc12. The topological polar surface area (TPSA) is 111 Å². The number of amides is 3. The zero-order valence-corrected chi connectivity index (χ0v) is 24.7. The third-order valence-electron chi connectivity index (χ3n) is 9.36. The van der Waals surface area contributed by atoms with Crippen LogP contribution in [0.15, 0.2) is 42.5 Å². The summed E-state index contributed by atoms with van der Waals surface area (Å²) in [4.78, 5) is 43.5. The van der Waals surface area contributed by atoms with Crippen molar-refractivity contribution >= 4 is 37.5 Å². The highest BCUT2D eigenvalue weighted by molar-refractivity contribution is 6.72. The van der Waals surface area contributed by atoms with Gasteiger partial charge in [-0.3, -0.25) is 14.4 Å². The van der Waals surface area contributed by atoms with E-state index >= 15 is 4.11 Å². The van der Waals surface area contributed by atoms with Crippen LogP contribution in [0.25, 0.3) is 0 Å². The molecule has 0 unspecified atom stereocenters. The molecule has 0 radical (unpaired) electrons. The van der Waals surface area contributed by atoms with Crippen LogP contribution in [0, 0.1) is 5.92 Å². The van der Waals surface area contributed by atoms with Crippen molar-refractivity contribution in [1.29, 1.82) is 0 Å². The molecule has 5 atom stereocenters. The highest BCUT2D eigenvalue weighted by Gasteiger charge is 2.65. The number of nitrogens with zero attached hydrogens (tertiary/aromatic N) is 2. The summed E-state index contributed by atoms with van der Waals surface area (Å²) in [5.74, 6) is -1.21. The molecule has 2 saturated heterocycles. The summed E-state index contributed by atoms with van der Waals surface area (Å²) in [6, 6.07) is 12.9. The number of ether oxygens (including phenoxy) is 1. The fourth-order valence-electron chi connectivity index (χ4n) is 7.43. The van der Waals surface area contributed by atoms with E-state index in [0.29, 0.717) is 43.0 Å². The first-order valence-electron chi connectivity index (χ1n) is 14.4. The highest BCUT2D eigenvalue weighted by atomic mass is 28.4. The van der Waals surface area contributed by atoms with Crippen LogP contribution in [0.1, 0.15) is 30.0 Å². The summed E-state index contributed by atoms with van der Waals surface area (Å²) in [6.07, 6.45) is -0.365. The second kappa shape index (κ2) is 10.3. The molecule has 41 heavy (non-hydrogen) atoms. The van der Waals surface area contributed by atoms with Crippen LogP contribution in [0.3, 0.4) is 0 Å². The van der Waals surface area contributed by atoms with Crippen molar-refractivity contribution in [1.82, 2.24) is 10.2 Å². The standard InChI is InChI=1S/C30H37FN4O5Si/c1-18-28(41(2,3)31)25(14-26(37)35-16-20-7-5-4-6-19(20)12-22(35)17-36)40-30(18)23-13-21(8-9-24(23)33-29(30)39)34-11-10-32-15-27(34)38/h4-9,13,18,22,25,28,32,36H,10-12,14-17H2,1-3H3,(H,33,39)/t18-,22+,25+,28-,30+/m1/s1. The van der Waals surface area contributed by atoms with E-state index in [1.807, 2.05) is 37.3 Å². The van der Waals surface area contributed by atoms with Gasteiger partial charge in [-0.15, -0.1) is 0 Å². The number of fused-ring (bicyclic) bond motifs is 3. The molecule has 0 bridgehead atoms. The van der Waals surface area contributed by atoms with Gasteiger partial charge in [0.2, 0.25) is 20.2 Å². The summed E-state index contributed by atoms with van der Waals surface area (Å²) in [5.41, 5.74) is 1.85. The van der Waals surface area contributed by atoms with Crippen LogP contribution in [0.2, 0.25) is 18.6 Å². The second-order valence-corrected chi connectivity index (χ2v) is 16.0. The van der Waals surface area contributed by atoms with Crippen LogP contribution in [0.5, 0.6) is 0 Å². The Kier molecular flexibility index (Phi) is 7.04. The number of hydrogen-bond donors (Lipinski definition) is 3. The zero-order valence-electron chi connectivity index (χ0n) is 23.7. The van der Waals surface area contributed by atoms with E-state index in [-0.39, 0.29) is 43.3 Å². The van der Waals surface area contributed by atoms with Gasteiger partial charge in [0.1, 0.15) is 0 Å². The highest BCUT2D eigenvalue weighted by Crippen LogP contribution is 2.59. The first-order valence-corrected chi connectivity index (χ1v) is 17.3. The Labute approximate surface area is 240 Å². The third kappa shape index (κ3) is 4.59. The Morgan fingerprint density at radius 3 is 2.66 bits per heavy atom. The molecule has 3 amide bonds. The van der Waals surface area contributed by atoms with Crippen molar-refractivity contribution < 1.29 is 28.3 Å². The van der Waals surface area contributed by atoms with Crippen LogP contribution in [-0.2, 0) is 37.7 Å². The van der Waals surface area contributed by atoms with Crippen molar-refractivity contribution in [2.24, 2.45) is 5.92 Å². The van der Waals surface area contributed by atoms with Crippen molar-refractivity contribution in [2.75, 3.05) is 36.5 Å². The number of anilines is 2. The average Bonchev–Trinajstić information content (AvgIpc) is 3.40. The van der Waals surface area contributed by atoms with E-state index in [1.165, 1.54) is 0 Å². The molecule has 0 aliphatic carbocycles. The Hall–Kier alpha value is -3.12. The van der Waals surface area contributed by atoms with Gasteiger partial charge >= 0.3 is 0 Å². The molecule has 2 aromatic rings. The predicted octanol–water partition coefficient (Wildman–Crippen LogP) is 2.69. The van der Waals surface area contributed by atoms with Gasteiger partial charge in [-0.25, -0.2) is 0 Å². The first-order chi connectivity index (χ1) is 19.5. The number of benzene rings is 2. The maximum absolute atomic E-state index is 16.1. The van der Waals surface area contributed by atoms with Gasteiger partial charge in [-0.2, -0.15) is 0 Å². The van der Waals surface area contributed by atoms with Gasteiger partial charge < -0.3 is 34.4 Å². The maximum Gasteiger partial charge on any atom is 0.261 e.